The molecule has 22 aromatic rings. The molecule has 0 radical (unpaired) electrons. The summed E-state index contributed by atoms with van der Waals surface area (Å²) in [6.45, 7) is 0. The molecular formula is C120H94N12. The van der Waals surface area contributed by atoms with Crippen molar-refractivity contribution < 1.29 is 0 Å². The second kappa shape index (κ2) is 36.9. The average molecular weight is 1700 g/mol. The maximum absolute atomic E-state index is 6.13. The number of hydrogen-bond acceptors (Lipinski definition) is 10. The second-order valence-corrected chi connectivity index (χ2v) is 32.7. The monoisotopic (exact) mass is 1700 g/mol. The lowest BCUT2D eigenvalue weighted by molar-refractivity contribution is 1.18. The third-order valence-corrected chi connectivity index (χ3v) is 24.2. The van der Waals surface area contributed by atoms with Crippen molar-refractivity contribution in [1.82, 2.24) is 9.13 Å². The Morgan fingerprint density at radius 2 is 0.288 bits per heavy atom. The summed E-state index contributed by atoms with van der Waals surface area (Å²) in [5.74, 6) is 0. The zero-order valence-electron chi connectivity index (χ0n) is 72.5. The van der Waals surface area contributed by atoms with Crippen LogP contribution in [0.1, 0.15) is 0 Å². The molecule has 0 unspecified atom stereocenters. The van der Waals surface area contributed by atoms with Crippen molar-refractivity contribution >= 4 is 146 Å². The van der Waals surface area contributed by atoms with Crippen molar-refractivity contribution in [2.75, 3.05) is 54.0 Å². The van der Waals surface area contributed by atoms with E-state index < -0.39 is 0 Å². The molecule has 12 nitrogen and oxygen atoms in total. The van der Waals surface area contributed by atoms with E-state index in [0.29, 0.717) is 0 Å². The highest BCUT2D eigenvalue weighted by molar-refractivity contribution is 6.11. The van der Waals surface area contributed by atoms with Crippen molar-refractivity contribution in [3.63, 3.8) is 0 Å². The van der Waals surface area contributed by atoms with Gasteiger partial charge in [-0.05, 0) is 323 Å². The van der Waals surface area contributed by atoms with Gasteiger partial charge in [0.05, 0.1) is 22.1 Å². The minimum atomic E-state index is 0.748. The molecule has 0 bridgehead atoms. The van der Waals surface area contributed by atoms with E-state index in [1.807, 2.05) is 84.9 Å². The largest absolute Gasteiger partial charge is 0.399 e. The van der Waals surface area contributed by atoms with E-state index >= 15 is 0 Å². The lowest BCUT2D eigenvalue weighted by atomic mass is 10.0. The number of nitrogen functional groups attached to an aromatic ring is 6. The van der Waals surface area contributed by atoms with Gasteiger partial charge in [0.1, 0.15) is 0 Å². The summed E-state index contributed by atoms with van der Waals surface area (Å²) in [5.41, 5.74) is 72.1. The summed E-state index contributed by atoms with van der Waals surface area (Å²) in [7, 11) is 0. The van der Waals surface area contributed by atoms with Crippen LogP contribution in [0.3, 0.4) is 0 Å². The molecule has 0 spiro atoms. The van der Waals surface area contributed by atoms with Crippen molar-refractivity contribution in [2.24, 2.45) is 0 Å². The van der Waals surface area contributed by atoms with Gasteiger partial charge < -0.3 is 63.1 Å². The normalized spacial score (nSPS) is 11.1. The van der Waals surface area contributed by atoms with Gasteiger partial charge in [-0.3, -0.25) is 0 Å². The molecule has 2 heterocycles. The van der Waals surface area contributed by atoms with E-state index in [-0.39, 0.29) is 0 Å². The molecule has 0 aliphatic heterocycles. The van der Waals surface area contributed by atoms with Crippen molar-refractivity contribution in [2.45, 2.75) is 0 Å². The van der Waals surface area contributed by atoms with Gasteiger partial charge in [0.25, 0.3) is 0 Å². The zero-order chi connectivity index (χ0) is 89.4. The molecule has 0 saturated heterocycles. The molecule has 132 heavy (non-hydrogen) atoms. The molecule has 12 heteroatoms. The summed E-state index contributed by atoms with van der Waals surface area (Å²) >= 11 is 0. The van der Waals surface area contributed by atoms with Gasteiger partial charge >= 0.3 is 0 Å². The molecule has 2 aromatic heterocycles. The number of nitrogens with two attached hydrogens (primary N) is 6. The van der Waals surface area contributed by atoms with Gasteiger partial charge in [-0.25, -0.2) is 0 Å². The lowest BCUT2D eigenvalue weighted by Crippen LogP contribution is -2.10. The number of anilines is 18. The highest BCUT2D eigenvalue weighted by Gasteiger charge is 2.21. The van der Waals surface area contributed by atoms with E-state index in [1.54, 1.807) is 0 Å². The highest BCUT2D eigenvalue weighted by atomic mass is 15.2. The summed E-state index contributed by atoms with van der Waals surface area (Å²) < 4.78 is 4.62. The van der Waals surface area contributed by atoms with Gasteiger partial charge in [-0.2, -0.15) is 0 Å². The first kappa shape index (κ1) is 82.3. The Labute approximate surface area is 768 Å². The Bertz CT molecular complexity index is 7230. The van der Waals surface area contributed by atoms with Crippen molar-refractivity contribution in [3.05, 3.63) is 497 Å². The van der Waals surface area contributed by atoms with Crippen LogP contribution in [0.4, 0.5) is 102 Å². The minimum Gasteiger partial charge on any atom is -0.399 e. The third kappa shape index (κ3) is 17.4. The predicted octanol–water partition coefficient (Wildman–Crippen LogP) is 31.0. The van der Waals surface area contributed by atoms with Gasteiger partial charge in [0.2, 0.25) is 0 Å². The van der Waals surface area contributed by atoms with Crippen LogP contribution >= 0.6 is 0 Å². The number of fused-ring (bicyclic) bond motifs is 6. The van der Waals surface area contributed by atoms with E-state index in [9.17, 15) is 0 Å². The lowest BCUT2D eigenvalue weighted by Gasteiger charge is -2.26. The Morgan fingerprint density at radius 1 is 0.129 bits per heavy atom. The number of rotatable bonds is 19. The Hall–Kier alpha value is -18.0. The van der Waals surface area contributed by atoms with Gasteiger partial charge in [0.15, 0.2) is 0 Å². The van der Waals surface area contributed by atoms with Crippen LogP contribution in [0.15, 0.2) is 497 Å². The summed E-state index contributed by atoms with van der Waals surface area (Å²) in [6.07, 6.45) is 0. The second-order valence-electron chi connectivity index (χ2n) is 32.7. The average Bonchev–Trinajstić information content (AvgIpc) is 1.59. The highest BCUT2D eigenvalue weighted by Crippen LogP contribution is 2.44. The first-order valence-corrected chi connectivity index (χ1v) is 44.1. The topological polar surface area (TPSA) is 179 Å². The first-order valence-electron chi connectivity index (χ1n) is 44.1. The molecule has 0 aliphatic carbocycles. The van der Waals surface area contributed by atoms with Crippen LogP contribution in [0, 0.1) is 0 Å². The predicted molar refractivity (Wildman–Crippen MR) is 560 cm³/mol. The first-order chi connectivity index (χ1) is 64.9. The number of hydrogen-bond donors (Lipinski definition) is 6. The standard InChI is InChI=1S/C48H38N4.C36H26N4.C36H30N4/c49-41-23-11-35(12-24-41)37-15-27-45(28-16-37)51(43-7-3-1-4-8-43)47-31-19-39(20-32-47)40-21-33-48(34-22-40)52(44-9-5-2-6-10-44)46-29-17-38(18-30-46)36-13-25-42(50)26-14-36;37-25-13-19-35-31(21-25)29-5-1-3-7-33(29)39(35)27-15-9-23(10-16-27)24-11-17-28(18-12-24)40-34-8-4-2-6-30(34)32-22-26(38)14-20-36(32)40;37-29-15-23-35(24-16-29)39(31-7-3-1-4-8-31)33-19-11-27(12-20-33)28-13-21-34(22-14-28)40(32-9-5-2-6-10-32)36-25-17-30(38)18-26-36/h1-34H,49-50H2;1-22H,37-38H2;1-26H,37-38H2. The van der Waals surface area contributed by atoms with Crippen LogP contribution < -0.4 is 54.0 Å². The Kier molecular flexibility index (Phi) is 23.0. The molecule has 12 N–H and O–H groups in total. The Morgan fingerprint density at radius 3 is 0.515 bits per heavy atom. The molecule has 0 fully saturated rings. The third-order valence-electron chi connectivity index (χ3n) is 24.2. The summed E-state index contributed by atoms with van der Waals surface area (Å²) in [6, 6.07) is 173. The van der Waals surface area contributed by atoms with Crippen LogP contribution in [0.2, 0.25) is 0 Å². The number of para-hydroxylation sites is 6. The molecule has 0 saturated carbocycles. The zero-order valence-corrected chi connectivity index (χ0v) is 72.5. The molecule has 20 aromatic carbocycles. The van der Waals surface area contributed by atoms with Crippen LogP contribution in [-0.4, -0.2) is 9.13 Å². The molecule has 0 amide bonds. The van der Waals surface area contributed by atoms with Gasteiger partial charge in [-0.15, -0.1) is 0 Å². The summed E-state index contributed by atoms with van der Waals surface area (Å²) in [4.78, 5) is 9.04. The summed E-state index contributed by atoms with van der Waals surface area (Å²) in [5, 5.41) is 4.75. The number of nitrogens with zero attached hydrogens (tertiary/aromatic N) is 6. The Balaban J connectivity index is 0.000000125. The quantitative estimate of drug-likeness (QED) is 0.0427. The number of aromatic nitrogens is 2. The molecular weight excluding hydrogens is 1610 g/mol. The van der Waals surface area contributed by atoms with E-state index in [1.165, 1.54) is 43.7 Å². The van der Waals surface area contributed by atoms with Gasteiger partial charge in [-0.1, -0.05) is 231 Å². The number of benzene rings is 20. The minimum absolute atomic E-state index is 0.748. The smallest absolute Gasteiger partial charge is 0.0542 e. The van der Waals surface area contributed by atoms with E-state index in [0.717, 1.165) is 169 Å². The van der Waals surface area contributed by atoms with E-state index in [2.05, 4.69) is 441 Å². The molecule has 22 rings (SSSR count). The fourth-order valence-electron chi connectivity index (χ4n) is 17.7. The molecule has 634 valence electrons. The SMILES string of the molecule is Nc1ccc(-c2ccc(N(c3ccccc3)c3ccc(-c4ccc(N(c5ccccc5)c5ccc(-c6ccc(N)cc6)cc5)cc4)cc3)cc2)cc1.Nc1ccc(N(c2ccccc2)c2ccc(-c3ccc(N(c4ccccc4)c4ccc(N)cc4)cc3)cc2)cc1.Nc1ccc2c(c1)c1ccccc1n2-c1ccc(-c2ccc(-n3c4ccccc4c4cc(N)ccc43)cc2)cc1. The van der Waals surface area contributed by atoms with Crippen molar-refractivity contribution in [1.29, 1.82) is 0 Å². The van der Waals surface area contributed by atoms with Crippen LogP contribution in [0.25, 0.3) is 111 Å². The fraction of sp³-hybridized carbons (Fsp3) is 0. The molecule has 0 aliphatic rings. The maximum atomic E-state index is 6.13. The molecule has 0 atom stereocenters. The maximum Gasteiger partial charge on any atom is 0.0542 e. The fourth-order valence-corrected chi connectivity index (χ4v) is 17.7. The van der Waals surface area contributed by atoms with Crippen LogP contribution in [0.5, 0.6) is 0 Å². The van der Waals surface area contributed by atoms with E-state index in [4.69, 9.17) is 34.4 Å². The van der Waals surface area contributed by atoms with Crippen molar-refractivity contribution in [3.8, 4) is 67.0 Å². The van der Waals surface area contributed by atoms with Crippen LogP contribution in [-0.2, 0) is 0 Å². The van der Waals surface area contributed by atoms with Gasteiger partial charge in [0, 0.05) is 135 Å².